The molecule has 0 aliphatic heterocycles. The number of aromatic nitrogens is 1. The van der Waals surface area contributed by atoms with Gasteiger partial charge in [0.15, 0.2) is 0 Å². The molecule has 2 N–H and O–H groups in total. The van der Waals surface area contributed by atoms with Crippen LogP contribution in [0.2, 0.25) is 5.02 Å². The Bertz CT molecular complexity index is 799. The topological polar surface area (TPSA) is 51.6 Å². The van der Waals surface area contributed by atoms with Gasteiger partial charge in [-0.3, -0.25) is 0 Å². The zero-order valence-corrected chi connectivity index (χ0v) is 11.4. The number of H-pyrrole nitrogens is 1. The Hall–Kier alpha value is -2.44. The SMILES string of the molecule is N#Cc1ccccc1NCc1c[nH]c2cc(Cl)ccc12. The van der Waals surface area contributed by atoms with Gasteiger partial charge in [0.2, 0.25) is 0 Å². The molecule has 98 valence electrons. The molecule has 0 unspecified atom stereocenters. The third-order valence-corrected chi connectivity index (χ3v) is 3.48. The molecular formula is C16H12ClN3. The van der Waals surface area contributed by atoms with Crippen molar-refractivity contribution in [2.75, 3.05) is 5.32 Å². The van der Waals surface area contributed by atoms with Crippen LogP contribution in [0.25, 0.3) is 10.9 Å². The van der Waals surface area contributed by atoms with Crippen LogP contribution in [0.3, 0.4) is 0 Å². The highest BCUT2D eigenvalue weighted by Gasteiger charge is 2.05. The molecule has 0 aliphatic carbocycles. The molecular weight excluding hydrogens is 270 g/mol. The summed E-state index contributed by atoms with van der Waals surface area (Å²) in [6, 6.07) is 15.5. The summed E-state index contributed by atoms with van der Waals surface area (Å²) >= 11 is 5.97. The van der Waals surface area contributed by atoms with E-state index >= 15 is 0 Å². The number of hydrogen-bond acceptors (Lipinski definition) is 2. The van der Waals surface area contributed by atoms with Gasteiger partial charge >= 0.3 is 0 Å². The van der Waals surface area contributed by atoms with Crippen LogP contribution < -0.4 is 5.32 Å². The molecule has 3 aromatic rings. The van der Waals surface area contributed by atoms with Crippen LogP contribution in [0.1, 0.15) is 11.1 Å². The van der Waals surface area contributed by atoms with Crippen LogP contribution in [0.4, 0.5) is 5.69 Å². The van der Waals surface area contributed by atoms with E-state index < -0.39 is 0 Å². The quantitative estimate of drug-likeness (QED) is 0.752. The lowest BCUT2D eigenvalue weighted by Crippen LogP contribution is -2.00. The lowest BCUT2D eigenvalue weighted by molar-refractivity contribution is 1.16. The second-order valence-electron chi connectivity index (χ2n) is 4.51. The molecule has 0 amide bonds. The van der Waals surface area contributed by atoms with Gasteiger partial charge in [-0.15, -0.1) is 0 Å². The number of benzene rings is 2. The summed E-state index contributed by atoms with van der Waals surface area (Å²) in [6.07, 6.45) is 1.96. The van der Waals surface area contributed by atoms with Crippen molar-refractivity contribution >= 4 is 28.2 Å². The minimum Gasteiger partial charge on any atom is -0.380 e. The van der Waals surface area contributed by atoms with E-state index in [1.165, 1.54) is 0 Å². The average molecular weight is 282 g/mol. The molecule has 20 heavy (non-hydrogen) atoms. The van der Waals surface area contributed by atoms with Crippen LogP contribution in [-0.4, -0.2) is 4.98 Å². The van der Waals surface area contributed by atoms with Crippen LogP contribution in [0.5, 0.6) is 0 Å². The van der Waals surface area contributed by atoms with Crippen molar-refractivity contribution in [2.24, 2.45) is 0 Å². The Labute approximate surface area is 121 Å². The third kappa shape index (κ3) is 2.34. The highest BCUT2D eigenvalue weighted by atomic mass is 35.5. The second-order valence-corrected chi connectivity index (χ2v) is 4.95. The maximum atomic E-state index is 9.07. The number of hydrogen-bond donors (Lipinski definition) is 2. The smallest absolute Gasteiger partial charge is 0.101 e. The number of rotatable bonds is 3. The van der Waals surface area contributed by atoms with Crippen molar-refractivity contribution in [1.29, 1.82) is 5.26 Å². The Morgan fingerprint density at radius 1 is 1.20 bits per heavy atom. The maximum absolute atomic E-state index is 9.07. The zero-order chi connectivity index (χ0) is 13.9. The Morgan fingerprint density at radius 2 is 2.05 bits per heavy atom. The summed E-state index contributed by atoms with van der Waals surface area (Å²) in [5.41, 5.74) is 3.65. The van der Waals surface area contributed by atoms with Crippen molar-refractivity contribution in [2.45, 2.75) is 6.54 Å². The van der Waals surface area contributed by atoms with Gasteiger partial charge in [-0.25, -0.2) is 0 Å². The first-order chi connectivity index (χ1) is 9.78. The third-order valence-electron chi connectivity index (χ3n) is 3.25. The minimum absolute atomic E-state index is 0.649. The molecule has 4 heteroatoms. The molecule has 0 fully saturated rings. The minimum atomic E-state index is 0.649. The van der Waals surface area contributed by atoms with Crippen LogP contribution in [-0.2, 0) is 6.54 Å². The van der Waals surface area contributed by atoms with Crippen molar-refractivity contribution in [3.8, 4) is 6.07 Å². The van der Waals surface area contributed by atoms with E-state index in [4.69, 9.17) is 16.9 Å². The average Bonchev–Trinajstić information content (AvgIpc) is 2.87. The van der Waals surface area contributed by atoms with E-state index in [0.717, 1.165) is 22.2 Å². The first-order valence-electron chi connectivity index (χ1n) is 6.26. The molecule has 3 rings (SSSR count). The number of nitrogens with one attached hydrogen (secondary N) is 2. The van der Waals surface area contributed by atoms with Crippen molar-refractivity contribution in [3.05, 3.63) is 64.8 Å². The van der Waals surface area contributed by atoms with Crippen molar-refractivity contribution < 1.29 is 0 Å². The highest BCUT2D eigenvalue weighted by molar-refractivity contribution is 6.31. The summed E-state index contributed by atoms with van der Waals surface area (Å²) in [5.74, 6) is 0. The molecule has 0 aliphatic rings. The number of aromatic amines is 1. The van der Waals surface area contributed by atoms with Gasteiger partial charge in [-0.1, -0.05) is 29.8 Å². The number of halogens is 1. The first-order valence-corrected chi connectivity index (χ1v) is 6.64. The summed E-state index contributed by atoms with van der Waals surface area (Å²) in [4.78, 5) is 3.20. The molecule has 0 spiro atoms. The predicted molar refractivity (Wildman–Crippen MR) is 81.8 cm³/mol. The Balaban J connectivity index is 1.86. The molecule has 0 saturated heterocycles. The number of nitriles is 1. The normalized spacial score (nSPS) is 10.4. The van der Waals surface area contributed by atoms with E-state index in [9.17, 15) is 0 Å². The number of para-hydroxylation sites is 1. The maximum Gasteiger partial charge on any atom is 0.101 e. The Morgan fingerprint density at radius 3 is 2.90 bits per heavy atom. The van der Waals surface area contributed by atoms with Gasteiger partial charge < -0.3 is 10.3 Å². The summed E-state index contributed by atoms with van der Waals surface area (Å²) in [5, 5.41) is 14.2. The predicted octanol–water partition coefficient (Wildman–Crippen LogP) is 4.31. The molecule has 1 aromatic heterocycles. The fourth-order valence-electron chi connectivity index (χ4n) is 2.23. The van der Waals surface area contributed by atoms with Crippen molar-refractivity contribution in [1.82, 2.24) is 4.98 Å². The first kappa shape index (κ1) is 12.6. The molecule has 0 saturated carbocycles. The van der Waals surface area contributed by atoms with E-state index in [2.05, 4.69) is 16.4 Å². The van der Waals surface area contributed by atoms with Crippen LogP contribution in [0.15, 0.2) is 48.7 Å². The molecule has 0 radical (unpaired) electrons. The molecule has 3 nitrogen and oxygen atoms in total. The highest BCUT2D eigenvalue weighted by Crippen LogP contribution is 2.23. The largest absolute Gasteiger partial charge is 0.380 e. The standard InChI is InChI=1S/C16H12ClN3/c17-13-5-6-14-12(10-20-16(14)7-13)9-19-15-4-2-1-3-11(15)8-18/h1-7,10,19-20H,9H2. The van der Waals surface area contributed by atoms with Crippen LogP contribution in [0, 0.1) is 11.3 Å². The number of fused-ring (bicyclic) bond motifs is 1. The number of anilines is 1. The van der Waals surface area contributed by atoms with E-state index in [1.54, 1.807) is 6.07 Å². The summed E-state index contributed by atoms with van der Waals surface area (Å²) < 4.78 is 0. The van der Waals surface area contributed by atoms with Crippen molar-refractivity contribution in [3.63, 3.8) is 0 Å². The van der Waals surface area contributed by atoms with Gasteiger partial charge in [0, 0.05) is 28.7 Å². The van der Waals surface area contributed by atoms with E-state index in [0.29, 0.717) is 17.1 Å². The van der Waals surface area contributed by atoms with E-state index in [1.807, 2.05) is 42.6 Å². The van der Waals surface area contributed by atoms with E-state index in [-0.39, 0.29) is 0 Å². The number of nitrogens with zero attached hydrogens (tertiary/aromatic N) is 1. The van der Waals surface area contributed by atoms with Gasteiger partial charge in [0.05, 0.1) is 11.3 Å². The molecule has 0 atom stereocenters. The monoisotopic (exact) mass is 281 g/mol. The Kier molecular flexibility index (Phi) is 3.32. The fraction of sp³-hybridized carbons (Fsp3) is 0.0625. The lowest BCUT2D eigenvalue weighted by Gasteiger charge is -2.07. The fourth-order valence-corrected chi connectivity index (χ4v) is 2.40. The van der Waals surface area contributed by atoms with Crippen LogP contribution >= 0.6 is 11.6 Å². The second kappa shape index (κ2) is 5.28. The molecule has 1 heterocycles. The molecule has 2 aromatic carbocycles. The zero-order valence-electron chi connectivity index (χ0n) is 10.7. The summed E-state index contributed by atoms with van der Waals surface area (Å²) in [6.45, 7) is 0.653. The van der Waals surface area contributed by atoms with Gasteiger partial charge in [-0.05, 0) is 29.8 Å². The van der Waals surface area contributed by atoms with Gasteiger partial charge in [-0.2, -0.15) is 5.26 Å². The molecule has 0 bridgehead atoms. The summed E-state index contributed by atoms with van der Waals surface area (Å²) in [7, 11) is 0. The van der Waals surface area contributed by atoms with Gasteiger partial charge in [0.25, 0.3) is 0 Å². The lowest BCUT2D eigenvalue weighted by atomic mass is 10.1. The van der Waals surface area contributed by atoms with Gasteiger partial charge in [0.1, 0.15) is 6.07 Å².